The summed E-state index contributed by atoms with van der Waals surface area (Å²) in [5.41, 5.74) is 0.532. The van der Waals surface area contributed by atoms with Gasteiger partial charge in [-0.15, -0.1) is 0 Å². The van der Waals surface area contributed by atoms with E-state index in [2.05, 4.69) is 0 Å². The van der Waals surface area contributed by atoms with Gasteiger partial charge in [-0.05, 0) is 68.5 Å². The molecule has 0 atom stereocenters. The number of rotatable bonds is 10. The van der Waals surface area contributed by atoms with Crippen LogP contribution in [0.5, 0.6) is 17.2 Å². The predicted octanol–water partition coefficient (Wildman–Crippen LogP) is 3.96. The molecule has 0 N–H and O–H groups in total. The highest BCUT2D eigenvalue weighted by molar-refractivity contribution is 7.90. The highest BCUT2D eigenvalue weighted by Crippen LogP contribution is 2.32. The maximum absolute atomic E-state index is 12.8. The molecule has 1 aliphatic carbocycles. The first-order valence-corrected chi connectivity index (χ1v) is 12.7. The number of hydrogen-bond donors (Lipinski definition) is 0. The number of ether oxygens (including phenoxy) is 3. The summed E-state index contributed by atoms with van der Waals surface area (Å²) in [4.78, 5) is 14.7. The molecule has 2 aromatic rings. The lowest BCUT2D eigenvalue weighted by atomic mass is 10.1. The molecule has 1 amide bonds. The van der Waals surface area contributed by atoms with Crippen LogP contribution >= 0.6 is 0 Å². The summed E-state index contributed by atoms with van der Waals surface area (Å²) in [7, 11) is 0.0333. The van der Waals surface area contributed by atoms with Gasteiger partial charge in [0.2, 0.25) is 0 Å². The van der Waals surface area contributed by atoms with Gasteiger partial charge in [0.05, 0.1) is 24.7 Å². The standard InChI is InChI=1S/C24H31NO6S/c1-25(14-7-15-30-20-10-6-11-21(17-20)32(3,27)28)24(26)18-12-13-22(23(16-18)29-2)31-19-8-4-5-9-19/h6,10-13,16-17,19H,4-5,7-9,14-15H2,1-3H3. The van der Waals surface area contributed by atoms with E-state index < -0.39 is 9.84 Å². The fourth-order valence-electron chi connectivity index (χ4n) is 3.69. The van der Waals surface area contributed by atoms with E-state index in [0.717, 1.165) is 19.1 Å². The minimum Gasteiger partial charge on any atom is -0.493 e. The molecule has 0 radical (unpaired) electrons. The predicted molar refractivity (Wildman–Crippen MR) is 123 cm³/mol. The molecule has 1 saturated carbocycles. The van der Waals surface area contributed by atoms with E-state index in [-0.39, 0.29) is 16.9 Å². The average molecular weight is 462 g/mol. The molecule has 0 bridgehead atoms. The van der Waals surface area contributed by atoms with Crippen molar-refractivity contribution in [2.45, 2.75) is 43.1 Å². The molecule has 0 spiro atoms. The molecule has 1 aliphatic rings. The second kappa shape index (κ2) is 10.7. The van der Waals surface area contributed by atoms with Crippen molar-refractivity contribution in [3.63, 3.8) is 0 Å². The molecule has 0 aromatic heterocycles. The Kier molecular flexibility index (Phi) is 8.01. The van der Waals surface area contributed by atoms with Crippen molar-refractivity contribution in [1.82, 2.24) is 4.90 Å². The van der Waals surface area contributed by atoms with Crippen LogP contribution in [0.3, 0.4) is 0 Å². The third-order valence-corrected chi connectivity index (χ3v) is 6.60. The number of carbonyl (C=O) groups is 1. The van der Waals surface area contributed by atoms with Crippen LogP contribution in [0.2, 0.25) is 0 Å². The molecule has 2 aromatic carbocycles. The molecule has 7 nitrogen and oxygen atoms in total. The van der Waals surface area contributed by atoms with Gasteiger partial charge in [0.25, 0.3) is 5.91 Å². The van der Waals surface area contributed by atoms with Crippen molar-refractivity contribution in [1.29, 1.82) is 0 Å². The van der Waals surface area contributed by atoms with Crippen LogP contribution in [0.1, 0.15) is 42.5 Å². The van der Waals surface area contributed by atoms with Gasteiger partial charge in [-0.25, -0.2) is 8.42 Å². The Balaban J connectivity index is 1.52. The third kappa shape index (κ3) is 6.38. The zero-order valence-corrected chi connectivity index (χ0v) is 19.7. The van der Waals surface area contributed by atoms with Crippen molar-refractivity contribution in [3.8, 4) is 17.2 Å². The van der Waals surface area contributed by atoms with Gasteiger partial charge < -0.3 is 19.1 Å². The molecule has 0 saturated heterocycles. The lowest BCUT2D eigenvalue weighted by Gasteiger charge is -2.19. The zero-order valence-electron chi connectivity index (χ0n) is 18.9. The third-order valence-electron chi connectivity index (χ3n) is 5.49. The first-order chi connectivity index (χ1) is 15.3. The van der Waals surface area contributed by atoms with E-state index in [9.17, 15) is 13.2 Å². The van der Waals surface area contributed by atoms with E-state index >= 15 is 0 Å². The fourth-order valence-corrected chi connectivity index (χ4v) is 4.35. The second-order valence-electron chi connectivity index (χ2n) is 8.07. The maximum Gasteiger partial charge on any atom is 0.253 e. The minimum absolute atomic E-state index is 0.116. The van der Waals surface area contributed by atoms with Crippen LogP contribution < -0.4 is 14.2 Å². The lowest BCUT2D eigenvalue weighted by Crippen LogP contribution is -2.28. The quantitative estimate of drug-likeness (QED) is 0.498. The van der Waals surface area contributed by atoms with E-state index in [4.69, 9.17) is 14.2 Å². The molecule has 0 heterocycles. The Morgan fingerprint density at radius 1 is 1.09 bits per heavy atom. The molecule has 0 aliphatic heterocycles. The van der Waals surface area contributed by atoms with Crippen LogP contribution in [-0.4, -0.2) is 58.9 Å². The van der Waals surface area contributed by atoms with Gasteiger partial charge in [-0.1, -0.05) is 6.07 Å². The lowest BCUT2D eigenvalue weighted by molar-refractivity contribution is 0.0787. The number of nitrogens with zero attached hydrogens (tertiary/aromatic N) is 1. The number of benzene rings is 2. The molecular weight excluding hydrogens is 430 g/mol. The van der Waals surface area contributed by atoms with Crippen LogP contribution in [-0.2, 0) is 9.84 Å². The number of hydrogen-bond acceptors (Lipinski definition) is 6. The Morgan fingerprint density at radius 3 is 2.53 bits per heavy atom. The van der Waals surface area contributed by atoms with Crippen LogP contribution in [0, 0.1) is 0 Å². The number of sulfone groups is 1. The molecule has 1 fully saturated rings. The van der Waals surface area contributed by atoms with E-state index in [1.165, 1.54) is 25.0 Å². The summed E-state index contributed by atoms with van der Waals surface area (Å²) >= 11 is 0. The Morgan fingerprint density at radius 2 is 1.84 bits per heavy atom. The summed E-state index contributed by atoms with van der Waals surface area (Å²) in [6.07, 6.45) is 6.44. The van der Waals surface area contributed by atoms with Crippen molar-refractivity contribution in [3.05, 3.63) is 48.0 Å². The van der Waals surface area contributed by atoms with Gasteiger partial charge >= 0.3 is 0 Å². The summed E-state index contributed by atoms with van der Waals surface area (Å²) in [6, 6.07) is 11.7. The van der Waals surface area contributed by atoms with Gasteiger partial charge in [-0.2, -0.15) is 0 Å². The van der Waals surface area contributed by atoms with E-state index in [1.54, 1.807) is 49.4 Å². The molecular formula is C24H31NO6S. The van der Waals surface area contributed by atoms with Crippen molar-refractivity contribution in [2.75, 3.05) is 33.6 Å². The number of amides is 1. The molecule has 3 rings (SSSR count). The Bertz CT molecular complexity index is 1030. The monoisotopic (exact) mass is 461 g/mol. The molecule has 8 heteroatoms. The minimum atomic E-state index is -3.28. The van der Waals surface area contributed by atoms with Crippen LogP contribution in [0.15, 0.2) is 47.4 Å². The van der Waals surface area contributed by atoms with Gasteiger partial charge in [0.1, 0.15) is 5.75 Å². The fraction of sp³-hybridized carbons (Fsp3) is 0.458. The first kappa shape index (κ1) is 23.9. The normalized spacial score (nSPS) is 14.2. The Hall–Kier alpha value is -2.74. The largest absolute Gasteiger partial charge is 0.493 e. The van der Waals surface area contributed by atoms with E-state index in [1.807, 2.05) is 0 Å². The Labute approximate surface area is 190 Å². The summed E-state index contributed by atoms with van der Waals surface area (Å²) in [5.74, 6) is 1.60. The zero-order chi connectivity index (χ0) is 23.1. The summed E-state index contributed by atoms with van der Waals surface area (Å²) < 4.78 is 40.4. The van der Waals surface area contributed by atoms with Gasteiger partial charge in [0, 0.05) is 25.4 Å². The smallest absolute Gasteiger partial charge is 0.253 e. The van der Waals surface area contributed by atoms with Crippen molar-refractivity contribution in [2.24, 2.45) is 0 Å². The highest BCUT2D eigenvalue weighted by atomic mass is 32.2. The molecule has 174 valence electrons. The summed E-state index contributed by atoms with van der Waals surface area (Å²) in [6.45, 7) is 0.857. The first-order valence-electron chi connectivity index (χ1n) is 10.8. The second-order valence-corrected chi connectivity index (χ2v) is 10.1. The highest BCUT2D eigenvalue weighted by Gasteiger charge is 2.20. The van der Waals surface area contributed by atoms with Gasteiger partial charge in [-0.3, -0.25) is 4.79 Å². The molecule has 0 unspecified atom stereocenters. The maximum atomic E-state index is 12.8. The topological polar surface area (TPSA) is 82.1 Å². The van der Waals surface area contributed by atoms with Crippen molar-refractivity contribution >= 4 is 15.7 Å². The van der Waals surface area contributed by atoms with Crippen LogP contribution in [0.4, 0.5) is 0 Å². The number of carbonyl (C=O) groups excluding carboxylic acids is 1. The van der Waals surface area contributed by atoms with Gasteiger partial charge in [0.15, 0.2) is 21.3 Å². The van der Waals surface area contributed by atoms with Crippen LogP contribution in [0.25, 0.3) is 0 Å². The molecule has 32 heavy (non-hydrogen) atoms. The SMILES string of the molecule is COc1cc(C(=O)N(C)CCCOc2cccc(S(C)(=O)=O)c2)ccc1OC1CCCC1. The van der Waals surface area contributed by atoms with E-state index in [0.29, 0.717) is 42.4 Å². The summed E-state index contributed by atoms with van der Waals surface area (Å²) in [5, 5.41) is 0. The average Bonchev–Trinajstić information content (AvgIpc) is 3.29. The number of methoxy groups -OCH3 is 1. The van der Waals surface area contributed by atoms with Crippen molar-refractivity contribution < 1.29 is 27.4 Å².